The van der Waals surface area contributed by atoms with Crippen LogP contribution >= 0.6 is 64.4 Å². The molecule has 25 heavy (non-hydrogen) atoms. The number of thiol groups is 2. The van der Waals surface area contributed by atoms with Gasteiger partial charge in [-0.25, -0.2) is 0 Å². The molecule has 0 fully saturated rings. The van der Waals surface area contributed by atoms with Crippen LogP contribution in [0.5, 0.6) is 0 Å². The number of hydrogen-bond acceptors (Lipinski definition) is 4. The maximum absolute atomic E-state index is 4.81. The van der Waals surface area contributed by atoms with Gasteiger partial charge in [-0.15, -0.1) is 0 Å². The van der Waals surface area contributed by atoms with Crippen molar-refractivity contribution in [1.82, 2.24) is 0 Å². The maximum atomic E-state index is 4.81. The number of benzene rings is 2. The SMILES string of the molecule is Cc1ccc2sc(=[SH+])sc2c1.Cc1ccc2sc(=[SH+])sc2c1.[Cl][Pd][Cl]. The predicted octanol–water partition coefficient (Wildman–Crippen LogP) is 7.54. The Morgan fingerprint density at radius 2 is 1.00 bits per heavy atom. The molecule has 136 valence electrons. The van der Waals surface area contributed by atoms with E-state index in [1.54, 1.807) is 45.3 Å². The molecule has 2 aromatic carbocycles. The second kappa shape index (κ2) is 10.9. The fourth-order valence-electron chi connectivity index (χ4n) is 1.98. The molecule has 0 saturated heterocycles. The van der Waals surface area contributed by atoms with E-state index in [0.29, 0.717) is 0 Å². The number of hydrogen-bond donors (Lipinski definition) is 0. The first kappa shape index (κ1) is 22.0. The average Bonchev–Trinajstić information content (AvgIpc) is 3.08. The Kier molecular flexibility index (Phi) is 9.62. The fourth-order valence-corrected chi connectivity index (χ4v) is 7.24. The normalized spacial score (nSPS) is 10.2. The van der Waals surface area contributed by atoms with Crippen molar-refractivity contribution in [2.45, 2.75) is 13.8 Å². The van der Waals surface area contributed by atoms with Crippen molar-refractivity contribution >= 4 is 108 Å². The Hall–Kier alpha value is 0.742. The summed E-state index contributed by atoms with van der Waals surface area (Å²) in [6.07, 6.45) is 0. The molecule has 0 N–H and O–H groups in total. The molecule has 0 atom stereocenters. The van der Waals surface area contributed by atoms with Gasteiger partial charge in [0.15, 0.2) is 24.4 Å². The molecule has 4 aromatic rings. The van der Waals surface area contributed by atoms with E-state index in [-0.39, 0.29) is 15.9 Å². The van der Waals surface area contributed by atoms with Crippen molar-refractivity contribution in [2.24, 2.45) is 0 Å². The molecule has 0 spiro atoms. The fraction of sp³-hybridized carbons (Fsp3) is 0.125. The molecule has 2 heterocycles. The van der Waals surface area contributed by atoms with Gasteiger partial charge >= 0.3 is 41.3 Å². The van der Waals surface area contributed by atoms with Crippen LogP contribution in [0.15, 0.2) is 36.4 Å². The van der Waals surface area contributed by atoms with Gasteiger partial charge in [-0.1, -0.05) is 57.5 Å². The average molecular weight is 576 g/mol. The van der Waals surface area contributed by atoms with Gasteiger partial charge < -0.3 is 0 Å². The Bertz CT molecular complexity index is 989. The van der Waals surface area contributed by atoms with Crippen molar-refractivity contribution < 1.29 is 15.9 Å². The predicted molar refractivity (Wildman–Crippen MR) is 125 cm³/mol. The molecule has 0 bridgehead atoms. The van der Waals surface area contributed by atoms with Crippen LogP contribution < -0.4 is 0 Å². The number of aryl methyl sites for hydroxylation is 2. The second-order valence-electron chi connectivity index (χ2n) is 4.89. The summed E-state index contributed by atoms with van der Waals surface area (Å²) >= 11 is 15.5. The third kappa shape index (κ3) is 7.00. The first-order valence-corrected chi connectivity index (χ1v) is 15.0. The van der Waals surface area contributed by atoms with Gasteiger partial charge in [-0.05, 0) is 49.2 Å². The molecule has 0 unspecified atom stereocenters. The zero-order valence-electron chi connectivity index (χ0n) is 13.1. The van der Waals surface area contributed by atoms with Crippen LogP contribution in [-0.4, -0.2) is 0 Å². The Balaban J connectivity index is 0.000000156. The summed E-state index contributed by atoms with van der Waals surface area (Å²) in [5.74, 6) is 0. The quantitative estimate of drug-likeness (QED) is 0.0879. The van der Waals surface area contributed by atoms with Crippen LogP contribution in [0.1, 0.15) is 11.1 Å². The van der Waals surface area contributed by atoms with Crippen molar-refractivity contribution in [2.75, 3.05) is 0 Å². The topological polar surface area (TPSA) is 0 Å². The molecule has 4 rings (SSSR count). The van der Waals surface area contributed by atoms with E-state index in [0.717, 1.165) is 6.28 Å². The summed E-state index contributed by atoms with van der Waals surface area (Å²) in [5.41, 5.74) is 2.64. The molecule has 2 aromatic heterocycles. The zero-order valence-corrected chi connectivity index (χ0v) is 21.2. The third-order valence-electron chi connectivity index (χ3n) is 2.99. The van der Waals surface area contributed by atoms with E-state index in [1.165, 1.54) is 29.9 Å². The van der Waals surface area contributed by atoms with E-state index in [4.69, 9.17) is 19.1 Å². The molecule has 0 aliphatic rings. The van der Waals surface area contributed by atoms with Gasteiger partial charge in [0.05, 0.1) is 18.8 Å². The zero-order chi connectivity index (χ0) is 18.4. The molecule has 9 heteroatoms. The van der Waals surface area contributed by atoms with E-state index in [2.05, 4.69) is 74.7 Å². The summed E-state index contributed by atoms with van der Waals surface area (Å²) in [5, 5.41) is 0. The molecule has 0 radical (unpaired) electrons. The minimum atomic E-state index is -0.106. The van der Waals surface area contributed by atoms with Crippen molar-refractivity contribution in [3.05, 3.63) is 53.8 Å². The monoisotopic (exact) mass is 574 g/mol. The van der Waals surface area contributed by atoms with E-state index >= 15 is 0 Å². The summed E-state index contributed by atoms with van der Waals surface area (Å²) in [7, 11) is 9.63. The van der Waals surface area contributed by atoms with Crippen LogP contribution in [0.3, 0.4) is 0 Å². The standard InChI is InChI=1S/2C8H6S3.2ClH.Pd/c2*1-5-2-3-6-7(4-5)11-8(9)10-6;;;/h2*2-4H,1H3;2*1H;/q;;;;+2. The third-order valence-corrected chi connectivity index (χ3v) is 8.31. The van der Waals surface area contributed by atoms with E-state index in [1.807, 2.05) is 0 Å². The Labute approximate surface area is 189 Å². The minimum absolute atomic E-state index is 0.106. The first-order chi connectivity index (χ1) is 11.9. The van der Waals surface area contributed by atoms with Gasteiger partial charge in [-0.3, -0.25) is 0 Å². The van der Waals surface area contributed by atoms with Gasteiger partial charge in [-0.2, -0.15) is 0 Å². The summed E-state index contributed by atoms with van der Waals surface area (Å²) in [6, 6.07) is 13.0. The van der Waals surface area contributed by atoms with Crippen molar-refractivity contribution in [3.63, 3.8) is 0 Å². The molecular formula is C16H14Cl2PdS6+2. The molecule has 0 saturated carbocycles. The summed E-state index contributed by atoms with van der Waals surface area (Å²) < 4.78 is 7.63. The van der Waals surface area contributed by atoms with Gasteiger partial charge in [0.25, 0.3) is 0 Å². The summed E-state index contributed by atoms with van der Waals surface area (Å²) in [6.45, 7) is 4.23. The Morgan fingerprint density at radius 3 is 1.36 bits per heavy atom. The van der Waals surface area contributed by atoms with Crippen LogP contribution in [0.2, 0.25) is 0 Å². The first-order valence-electron chi connectivity index (χ1n) is 6.80. The molecule has 0 aliphatic carbocycles. The number of rotatable bonds is 0. The van der Waals surface area contributed by atoms with E-state index in [9.17, 15) is 0 Å². The molecule has 0 aliphatic heterocycles. The van der Waals surface area contributed by atoms with Crippen LogP contribution in [0.25, 0.3) is 18.8 Å². The Morgan fingerprint density at radius 1 is 0.680 bits per heavy atom. The van der Waals surface area contributed by atoms with Crippen LogP contribution in [0.4, 0.5) is 0 Å². The number of halogens is 2. The van der Waals surface area contributed by atoms with Crippen LogP contribution in [0, 0.1) is 20.1 Å². The van der Waals surface area contributed by atoms with E-state index < -0.39 is 0 Å². The van der Waals surface area contributed by atoms with Crippen molar-refractivity contribution in [3.8, 4) is 0 Å². The summed E-state index contributed by atoms with van der Waals surface area (Å²) in [4.78, 5) is 0. The van der Waals surface area contributed by atoms with Crippen LogP contribution in [-0.2, 0) is 40.4 Å². The number of fused-ring (bicyclic) bond motifs is 2. The van der Waals surface area contributed by atoms with Gasteiger partial charge in [0, 0.05) is 0 Å². The van der Waals surface area contributed by atoms with Crippen molar-refractivity contribution in [1.29, 1.82) is 0 Å². The molecular weight excluding hydrogens is 562 g/mol. The second-order valence-corrected chi connectivity index (χ2v) is 14.1. The van der Waals surface area contributed by atoms with Gasteiger partial charge in [0.1, 0.15) is 0 Å². The van der Waals surface area contributed by atoms with Gasteiger partial charge in [0.2, 0.25) is 0 Å². The molecule has 0 nitrogen and oxygen atoms in total. The molecule has 0 amide bonds.